The quantitative estimate of drug-likeness (QED) is 0.831. The molecule has 8 heteroatoms. The Labute approximate surface area is 141 Å². The lowest BCUT2D eigenvalue weighted by Crippen LogP contribution is -2.27. The highest BCUT2D eigenvalue weighted by molar-refractivity contribution is 7.88. The van der Waals surface area contributed by atoms with Gasteiger partial charge in [0.1, 0.15) is 17.8 Å². The summed E-state index contributed by atoms with van der Waals surface area (Å²) >= 11 is 0. The van der Waals surface area contributed by atoms with Gasteiger partial charge in [0.25, 0.3) is 0 Å². The van der Waals surface area contributed by atoms with Crippen LogP contribution >= 0.6 is 0 Å². The Kier molecular flexibility index (Phi) is 3.96. The van der Waals surface area contributed by atoms with Gasteiger partial charge in [-0.25, -0.2) is 23.1 Å². The van der Waals surface area contributed by atoms with Gasteiger partial charge < -0.3 is 9.88 Å². The molecule has 130 valence electrons. The number of nitrogens with zero attached hydrogens (tertiary/aromatic N) is 3. The van der Waals surface area contributed by atoms with E-state index in [0.717, 1.165) is 36.1 Å². The first-order valence-electron chi connectivity index (χ1n) is 8.52. The molecule has 0 saturated heterocycles. The van der Waals surface area contributed by atoms with E-state index >= 15 is 0 Å². The van der Waals surface area contributed by atoms with Crippen LogP contribution in [0.2, 0.25) is 0 Å². The van der Waals surface area contributed by atoms with Crippen molar-refractivity contribution in [3.8, 4) is 0 Å². The minimum Gasteiger partial charge on any atom is -0.367 e. The van der Waals surface area contributed by atoms with Crippen LogP contribution in [0.3, 0.4) is 0 Å². The molecule has 0 amide bonds. The second-order valence-electron chi connectivity index (χ2n) is 7.05. The van der Waals surface area contributed by atoms with Gasteiger partial charge in [-0.2, -0.15) is 0 Å². The highest BCUT2D eigenvalue weighted by Gasteiger charge is 2.28. The van der Waals surface area contributed by atoms with E-state index in [2.05, 4.69) is 36.8 Å². The predicted octanol–water partition coefficient (Wildman–Crippen LogP) is 1.90. The molecule has 24 heavy (non-hydrogen) atoms. The van der Waals surface area contributed by atoms with Crippen molar-refractivity contribution in [2.24, 2.45) is 5.92 Å². The van der Waals surface area contributed by atoms with E-state index in [9.17, 15) is 8.42 Å². The van der Waals surface area contributed by atoms with E-state index in [4.69, 9.17) is 0 Å². The van der Waals surface area contributed by atoms with Crippen molar-refractivity contribution in [1.29, 1.82) is 0 Å². The summed E-state index contributed by atoms with van der Waals surface area (Å²) < 4.78 is 27.4. The van der Waals surface area contributed by atoms with Gasteiger partial charge in [-0.1, -0.05) is 0 Å². The maximum atomic E-state index is 11.3. The molecule has 0 radical (unpaired) electrons. The number of rotatable bonds is 6. The van der Waals surface area contributed by atoms with Gasteiger partial charge in [-0.3, -0.25) is 0 Å². The third-order valence-corrected chi connectivity index (χ3v) is 5.66. The van der Waals surface area contributed by atoms with Gasteiger partial charge in [0, 0.05) is 24.8 Å². The lowest BCUT2D eigenvalue weighted by Gasteiger charge is -2.15. The van der Waals surface area contributed by atoms with Gasteiger partial charge >= 0.3 is 0 Å². The Balaban J connectivity index is 1.50. The van der Waals surface area contributed by atoms with Crippen LogP contribution in [0.25, 0.3) is 11.0 Å². The summed E-state index contributed by atoms with van der Waals surface area (Å²) in [7, 11) is -3.11. The van der Waals surface area contributed by atoms with Gasteiger partial charge in [-0.15, -0.1) is 0 Å². The third kappa shape index (κ3) is 3.39. The Hall–Kier alpha value is -1.67. The first-order chi connectivity index (χ1) is 11.5. The number of fused-ring (bicyclic) bond motifs is 1. The summed E-state index contributed by atoms with van der Waals surface area (Å²) in [6.07, 6.45) is 10.4. The average Bonchev–Trinajstić information content (AvgIpc) is 3.06. The third-order valence-electron chi connectivity index (χ3n) is 4.97. The minimum absolute atomic E-state index is 0.373. The monoisotopic (exact) mass is 349 g/mol. The molecule has 2 aromatic heterocycles. The molecule has 7 nitrogen and oxygen atoms in total. The number of sulfonamides is 1. The normalized spacial score (nSPS) is 24.5. The Bertz CT molecular complexity index is 843. The van der Waals surface area contributed by atoms with E-state index in [1.807, 2.05) is 0 Å². The number of anilines is 1. The van der Waals surface area contributed by atoms with E-state index in [1.165, 1.54) is 19.1 Å². The molecule has 4 rings (SSSR count). The molecule has 2 aliphatic carbocycles. The largest absolute Gasteiger partial charge is 0.367 e. The Morgan fingerprint density at radius 2 is 2.08 bits per heavy atom. The second kappa shape index (κ2) is 6.00. The molecule has 2 aromatic rings. The predicted molar refractivity (Wildman–Crippen MR) is 93.4 cm³/mol. The fourth-order valence-corrected chi connectivity index (χ4v) is 4.10. The maximum absolute atomic E-state index is 11.3. The van der Waals surface area contributed by atoms with Crippen molar-refractivity contribution >= 4 is 26.9 Å². The fourth-order valence-electron chi connectivity index (χ4n) is 3.56. The zero-order chi connectivity index (χ0) is 16.7. The molecule has 0 aliphatic heterocycles. The summed E-state index contributed by atoms with van der Waals surface area (Å²) in [5.41, 5.74) is 0.967. The molecular weight excluding hydrogens is 326 g/mol. The van der Waals surface area contributed by atoms with E-state index in [0.29, 0.717) is 24.5 Å². The van der Waals surface area contributed by atoms with Crippen molar-refractivity contribution in [2.75, 3.05) is 18.1 Å². The maximum Gasteiger partial charge on any atom is 0.208 e. The zero-order valence-electron chi connectivity index (χ0n) is 13.8. The molecule has 2 N–H and O–H groups in total. The van der Waals surface area contributed by atoms with E-state index in [-0.39, 0.29) is 0 Å². The first kappa shape index (κ1) is 15.8. The molecule has 2 atom stereocenters. The molecule has 0 aromatic carbocycles. The summed E-state index contributed by atoms with van der Waals surface area (Å²) in [6, 6.07) is 3.02. The molecule has 0 spiro atoms. The molecule has 2 heterocycles. The van der Waals surface area contributed by atoms with Crippen LogP contribution in [0.5, 0.6) is 0 Å². The number of hydrogen-bond acceptors (Lipinski definition) is 5. The molecule has 2 aliphatic rings. The second-order valence-corrected chi connectivity index (χ2v) is 8.89. The lowest BCUT2D eigenvalue weighted by molar-refractivity contribution is 0.477. The van der Waals surface area contributed by atoms with Crippen molar-refractivity contribution in [3.63, 3.8) is 0 Å². The van der Waals surface area contributed by atoms with Crippen LogP contribution in [0.15, 0.2) is 18.6 Å². The summed E-state index contributed by atoms with van der Waals surface area (Å²) in [5.74, 6) is 1.31. The van der Waals surface area contributed by atoms with Crippen LogP contribution in [-0.2, 0) is 10.0 Å². The van der Waals surface area contributed by atoms with E-state index < -0.39 is 10.0 Å². The van der Waals surface area contributed by atoms with Crippen LogP contribution in [0, 0.1) is 5.92 Å². The van der Waals surface area contributed by atoms with Crippen LogP contribution in [0.1, 0.15) is 38.1 Å². The number of hydrogen-bond donors (Lipinski definition) is 2. The van der Waals surface area contributed by atoms with Gasteiger partial charge in [0.15, 0.2) is 0 Å². The highest BCUT2D eigenvalue weighted by atomic mass is 32.2. The Morgan fingerprint density at radius 3 is 2.83 bits per heavy atom. The topological polar surface area (TPSA) is 88.9 Å². The van der Waals surface area contributed by atoms with Crippen molar-refractivity contribution < 1.29 is 8.42 Å². The summed E-state index contributed by atoms with van der Waals surface area (Å²) in [4.78, 5) is 8.87. The number of aromatic nitrogens is 3. The SMILES string of the molecule is CS(=O)(=O)NC[C@@H]1CC[C@H](n2ccc3c(NC4CC4)ncnc32)C1. The van der Waals surface area contributed by atoms with E-state index in [1.54, 1.807) is 6.33 Å². The minimum atomic E-state index is -3.11. The fraction of sp³-hybridized carbons (Fsp3) is 0.625. The first-order valence-corrected chi connectivity index (χ1v) is 10.4. The lowest BCUT2D eigenvalue weighted by atomic mass is 10.1. The standard InChI is InChI=1S/C16H23N5O2S/c1-24(22,23)19-9-11-2-5-13(8-11)21-7-6-14-15(20-12-3-4-12)17-10-18-16(14)21/h6-7,10-13,19H,2-5,8-9H2,1H3,(H,17,18,20)/t11-,13+/m1/s1. The van der Waals surface area contributed by atoms with Gasteiger partial charge in [0.2, 0.25) is 10.0 Å². The molecule has 2 fully saturated rings. The van der Waals surface area contributed by atoms with Crippen LogP contribution < -0.4 is 10.0 Å². The molecule has 0 unspecified atom stereocenters. The molecule has 2 saturated carbocycles. The summed E-state index contributed by atoms with van der Waals surface area (Å²) in [5, 5.41) is 4.54. The van der Waals surface area contributed by atoms with Crippen molar-refractivity contribution in [2.45, 2.75) is 44.2 Å². The van der Waals surface area contributed by atoms with Crippen LogP contribution in [-0.4, -0.2) is 41.8 Å². The van der Waals surface area contributed by atoms with Gasteiger partial charge in [-0.05, 0) is 44.1 Å². The molecular formula is C16H23N5O2S. The van der Waals surface area contributed by atoms with Gasteiger partial charge in [0.05, 0.1) is 11.6 Å². The molecule has 0 bridgehead atoms. The smallest absolute Gasteiger partial charge is 0.208 e. The number of nitrogens with one attached hydrogen (secondary N) is 2. The Morgan fingerprint density at radius 1 is 1.25 bits per heavy atom. The van der Waals surface area contributed by atoms with Crippen molar-refractivity contribution in [3.05, 3.63) is 18.6 Å². The highest BCUT2D eigenvalue weighted by Crippen LogP contribution is 2.37. The van der Waals surface area contributed by atoms with Crippen molar-refractivity contribution in [1.82, 2.24) is 19.3 Å². The summed E-state index contributed by atoms with van der Waals surface area (Å²) in [6.45, 7) is 0.526. The zero-order valence-corrected chi connectivity index (χ0v) is 14.6. The average molecular weight is 349 g/mol. The van der Waals surface area contributed by atoms with Crippen LogP contribution in [0.4, 0.5) is 5.82 Å².